The van der Waals surface area contributed by atoms with Gasteiger partial charge >= 0.3 is 0 Å². The fourth-order valence-corrected chi connectivity index (χ4v) is 4.06. The summed E-state index contributed by atoms with van der Waals surface area (Å²) in [6, 6.07) is 17.7. The first kappa shape index (κ1) is 23.0. The van der Waals surface area contributed by atoms with E-state index >= 15 is 0 Å². The van der Waals surface area contributed by atoms with Gasteiger partial charge in [0, 0.05) is 18.3 Å². The van der Waals surface area contributed by atoms with Gasteiger partial charge in [0.25, 0.3) is 0 Å². The van der Waals surface area contributed by atoms with Crippen LogP contribution in [0.15, 0.2) is 54.6 Å². The number of carbonyl (C=O) groups excluding carboxylic acids is 2. The van der Waals surface area contributed by atoms with Crippen LogP contribution in [0.25, 0.3) is 0 Å². The number of rotatable bonds is 10. The number of hydrogen-bond donors (Lipinski definition) is 1. The van der Waals surface area contributed by atoms with Gasteiger partial charge in [-0.05, 0) is 43.9 Å². The molecule has 0 aromatic heterocycles. The molecule has 0 unspecified atom stereocenters. The minimum atomic E-state index is -0.471. The highest BCUT2D eigenvalue weighted by atomic mass is 32.2. The third kappa shape index (κ3) is 7.24. The summed E-state index contributed by atoms with van der Waals surface area (Å²) in [5.74, 6) is 1.05. The maximum Gasteiger partial charge on any atom is 0.243 e. The highest BCUT2D eigenvalue weighted by Gasteiger charge is 2.29. The molecule has 2 aromatic rings. The van der Waals surface area contributed by atoms with Crippen molar-refractivity contribution in [2.75, 3.05) is 5.75 Å². The second kappa shape index (κ2) is 11.7. The summed E-state index contributed by atoms with van der Waals surface area (Å²) in [6.45, 7) is 8.32. The van der Waals surface area contributed by atoms with Crippen LogP contribution in [0.5, 0.6) is 0 Å². The average Bonchev–Trinajstić information content (AvgIpc) is 2.69. The third-order valence-electron chi connectivity index (χ3n) is 4.76. The summed E-state index contributed by atoms with van der Waals surface area (Å²) in [5.41, 5.74) is 3.39. The van der Waals surface area contributed by atoms with Crippen LogP contribution in [-0.4, -0.2) is 34.6 Å². The number of hydrogen-bond acceptors (Lipinski definition) is 3. The van der Waals surface area contributed by atoms with Gasteiger partial charge in [-0.15, -0.1) is 11.8 Å². The molecular weight excluding hydrogens is 380 g/mol. The van der Waals surface area contributed by atoms with E-state index in [2.05, 4.69) is 17.4 Å². The van der Waals surface area contributed by atoms with E-state index < -0.39 is 6.04 Å². The van der Waals surface area contributed by atoms with Gasteiger partial charge in [-0.2, -0.15) is 0 Å². The van der Waals surface area contributed by atoms with Crippen LogP contribution in [0, 0.1) is 6.92 Å². The van der Waals surface area contributed by atoms with E-state index in [1.807, 2.05) is 70.2 Å². The van der Waals surface area contributed by atoms with Crippen molar-refractivity contribution in [3.63, 3.8) is 0 Å². The van der Waals surface area contributed by atoms with E-state index in [1.54, 1.807) is 16.7 Å². The van der Waals surface area contributed by atoms with Crippen molar-refractivity contribution >= 4 is 23.6 Å². The zero-order chi connectivity index (χ0) is 21.2. The van der Waals surface area contributed by atoms with Crippen molar-refractivity contribution in [2.24, 2.45) is 0 Å². The maximum absolute atomic E-state index is 13.2. The molecule has 0 bridgehead atoms. The van der Waals surface area contributed by atoms with E-state index in [1.165, 1.54) is 5.56 Å². The standard InChI is InChI=1S/C24H32N2O2S/c1-5-22(24(28)25-18(2)3)26(15-21-14-10-9-11-19(21)4)23(27)17-29-16-20-12-7-6-8-13-20/h6-14,18,22H,5,15-17H2,1-4H3,(H,25,28)/t22-/m1/s1. The molecule has 0 heterocycles. The Morgan fingerprint density at radius 3 is 2.31 bits per heavy atom. The molecular formula is C24H32N2O2S. The fraction of sp³-hybridized carbons (Fsp3) is 0.417. The number of benzene rings is 2. The molecule has 0 fully saturated rings. The summed E-state index contributed by atoms with van der Waals surface area (Å²) in [4.78, 5) is 27.7. The summed E-state index contributed by atoms with van der Waals surface area (Å²) >= 11 is 1.59. The van der Waals surface area contributed by atoms with Crippen LogP contribution >= 0.6 is 11.8 Å². The van der Waals surface area contributed by atoms with Gasteiger partial charge in [-0.1, -0.05) is 61.5 Å². The third-order valence-corrected chi connectivity index (χ3v) is 5.74. The maximum atomic E-state index is 13.2. The smallest absolute Gasteiger partial charge is 0.243 e. The van der Waals surface area contributed by atoms with Crippen molar-refractivity contribution < 1.29 is 9.59 Å². The molecule has 29 heavy (non-hydrogen) atoms. The molecule has 0 saturated carbocycles. The van der Waals surface area contributed by atoms with Crippen molar-refractivity contribution in [3.8, 4) is 0 Å². The molecule has 0 aliphatic carbocycles. The van der Waals surface area contributed by atoms with Gasteiger partial charge in [0.1, 0.15) is 6.04 Å². The van der Waals surface area contributed by atoms with Gasteiger partial charge in [0.15, 0.2) is 0 Å². The topological polar surface area (TPSA) is 49.4 Å². The first-order chi connectivity index (χ1) is 13.9. The van der Waals surface area contributed by atoms with Crippen molar-refractivity contribution in [1.82, 2.24) is 10.2 Å². The fourth-order valence-electron chi connectivity index (χ4n) is 3.18. The Labute approximate surface area is 179 Å². The first-order valence-electron chi connectivity index (χ1n) is 10.2. The van der Waals surface area contributed by atoms with Crippen molar-refractivity contribution in [2.45, 2.75) is 58.5 Å². The van der Waals surface area contributed by atoms with Crippen LogP contribution < -0.4 is 5.32 Å². The van der Waals surface area contributed by atoms with E-state index in [0.29, 0.717) is 18.7 Å². The highest BCUT2D eigenvalue weighted by Crippen LogP contribution is 2.18. The van der Waals surface area contributed by atoms with Gasteiger partial charge < -0.3 is 10.2 Å². The number of amides is 2. The number of thioether (sulfide) groups is 1. The van der Waals surface area contributed by atoms with Crippen molar-refractivity contribution in [1.29, 1.82) is 0 Å². The Morgan fingerprint density at radius 1 is 1.03 bits per heavy atom. The van der Waals surface area contributed by atoms with Crippen LogP contribution in [0.4, 0.5) is 0 Å². The molecule has 2 amide bonds. The van der Waals surface area contributed by atoms with Crippen LogP contribution in [0.1, 0.15) is 43.9 Å². The number of nitrogens with zero attached hydrogens (tertiary/aromatic N) is 1. The minimum absolute atomic E-state index is 0.0000553. The van der Waals surface area contributed by atoms with Crippen molar-refractivity contribution in [3.05, 3.63) is 71.3 Å². The SMILES string of the molecule is CC[C@H](C(=O)NC(C)C)N(Cc1ccccc1C)C(=O)CSCc1ccccc1. The molecule has 0 saturated heterocycles. The summed E-state index contributed by atoms with van der Waals surface area (Å²) < 4.78 is 0. The van der Waals surface area contributed by atoms with Gasteiger partial charge in [0.2, 0.25) is 11.8 Å². The Balaban J connectivity index is 2.14. The average molecular weight is 413 g/mol. The summed E-state index contributed by atoms with van der Waals surface area (Å²) in [5, 5.41) is 2.97. The quantitative estimate of drug-likeness (QED) is 0.622. The number of nitrogens with one attached hydrogen (secondary N) is 1. The van der Waals surface area contributed by atoms with E-state index in [-0.39, 0.29) is 17.9 Å². The molecule has 1 atom stereocenters. The Morgan fingerprint density at radius 2 is 1.69 bits per heavy atom. The van der Waals surface area contributed by atoms with Gasteiger partial charge in [-0.25, -0.2) is 0 Å². The lowest BCUT2D eigenvalue weighted by atomic mass is 10.1. The summed E-state index contributed by atoms with van der Waals surface area (Å²) in [7, 11) is 0. The van der Waals surface area contributed by atoms with E-state index in [0.717, 1.165) is 16.9 Å². The Kier molecular flexibility index (Phi) is 9.26. The van der Waals surface area contributed by atoms with Crippen LogP contribution in [-0.2, 0) is 21.9 Å². The summed E-state index contributed by atoms with van der Waals surface area (Å²) in [6.07, 6.45) is 0.583. The lowest BCUT2D eigenvalue weighted by Gasteiger charge is -2.31. The Bertz CT molecular complexity index is 792. The molecule has 2 aromatic carbocycles. The number of carbonyl (C=O) groups is 2. The molecule has 0 aliphatic rings. The molecule has 0 spiro atoms. The molecule has 1 N–H and O–H groups in total. The lowest BCUT2D eigenvalue weighted by Crippen LogP contribution is -2.51. The first-order valence-corrected chi connectivity index (χ1v) is 11.3. The molecule has 156 valence electrons. The van der Waals surface area contributed by atoms with E-state index in [4.69, 9.17) is 0 Å². The van der Waals surface area contributed by atoms with Crippen LogP contribution in [0.3, 0.4) is 0 Å². The molecule has 0 aliphatic heterocycles. The monoisotopic (exact) mass is 412 g/mol. The molecule has 5 heteroatoms. The molecule has 2 rings (SSSR count). The Hall–Kier alpha value is -2.27. The minimum Gasteiger partial charge on any atom is -0.352 e. The second-order valence-electron chi connectivity index (χ2n) is 7.51. The van der Waals surface area contributed by atoms with Gasteiger partial charge in [0.05, 0.1) is 5.75 Å². The lowest BCUT2D eigenvalue weighted by molar-refractivity contribution is -0.139. The zero-order valence-electron chi connectivity index (χ0n) is 17.9. The predicted molar refractivity (Wildman–Crippen MR) is 122 cm³/mol. The van der Waals surface area contributed by atoms with Crippen LogP contribution in [0.2, 0.25) is 0 Å². The second-order valence-corrected chi connectivity index (χ2v) is 8.50. The van der Waals surface area contributed by atoms with Gasteiger partial charge in [-0.3, -0.25) is 9.59 Å². The predicted octanol–water partition coefficient (Wildman–Crippen LogP) is 4.56. The highest BCUT2D eigenvalue weighted by molar-refractivity contribution is 7.99. The normalized spacial score (nSPS) is 11.9. The zero-order valence-corrected chi connectivity index (χ0v) is 18.7. The molecule has 0 radical (unpaired) electrons. The molecule has 4 nitrogen and oxygen atoms in total. The van der Waals surface area contributed by atoms with E-state index in [9.17, 15) is 9.59 Å². The largest absolute Gasteiger partial charge is 0.352 e. The number of aryl methyl sites for hydroxylation is 1.